The van der Waals surface area contributed by atoms with Crippen LogP contribution in [0.4, 0.5) is 0 Å². The van der Waals surface area contributed by atoms with Crippen LogP contribution in [0.5, 0.6) is 0 Å². The first kappa shape index (κ1) is 46.5. The molecule has 8 N–H and O–H groups in total. The Morgan fingerprint density at radius 3 is 1.86 bits per heavy atom. The van der Waals surface area contributed by atoms with Gasteiger partial charge in [-0.1, -0.05) is 47.1 Å². The van der Waals surface area contributed by atoms with E-state index in [0.29, 0.717) is 25.7 Å². The maximum Gasteiger partial charge on any atom is 0.335 e. The summed E-state index contributed by atoms with van der Waals surface area (Å²) in [5.41, 5.74) is -1.81. The van der Waals surface area contributed by atoms with Gasteiger partial charge in [-0.25, -0.2) is 9.59 Å². The first-order chi connectivity index (χ1) is 26.8. The molecule has 0 radical (unpaired) electrons. The normalized spacial score (nSPS) is 51.7. The topological polar surface area (TPSA) is 267 Å². The first-order valence-corrected chi connectivity index (χ1v) is 20.7. The van der Waals surface area contributed by atoms with E-state index in [-0.39, 0.29) is 51.7 Å². The largest absolute Gasteiger partial charge is 0.481 e. The molecular formula is C42H65AlO16. The zero-order chi connectivity index (χ0) is 42.9. The van der Waals surface area contributed by atoms with E-state index in [0.717, 1.165) is 37.7 Å². The van der Waals surface area contributed by atoms with Crippen molar-refractivity contribution in [1.29, 1.82) is 0 Å². The Hall–Kier alpha value is -2.01. The van der Waals surface area contributed by atoms with Crippen molar-refractivity contribution < 1.29 is 79.0 Å². The molecular weight excluding hydrogens is 787 g/mol. The van der Waals surface area contributed by atoms with E-state index in [4.69, 9.17) is 18.9 Å². The maximum absolute atomic E-state index is 14.8. The lowest BCUT2D eigenvalue weighted by molar-refractivity contribution is -0.371. The van der Waals surface area contributed by atoms with Crippen molar-refractivity contribution in [3.63, 3.8) is 0 Å². The van der Waals surface area contributed by atoms with E-state index in [9.17, 15) is 60.0 Å². The molecule has 7 aliphatic rings. The summed E-state index contributed by atoms with van der Waals surface area (Å²) in [4.78, 5) is 51.3. The summed E-state index contributed by atoms with van der Waals surface area (Å²) in [7, 11) is 0. The molecule has 5 aliphatic carbocycles. The molecule has 59 heavy (non-hydrogen) atoms. The summed E-state index contributed by atoms with van der Waals surface area (Å²) < 4.78 is 23.4. The molecule has 16 nitrogen and oxygen atoms in total. The summed E-state index contributed by atoms with van der Waals surface area (Å²) >= 11 is 0. The number of carbonyl (C=O) groups excluding carboxylic acids is 1. The average Bonchev–Trinajstić information content (AvgIpc) is 3.13. The highest BCUT2D eigenvalue weighted by atomic mass is 27.0. The third-order valence-corrected chi connectivity index (χ3v) is 17.2. The van der Waals surface area contributed by atoms with Crippen LogP contribution in [0.15, 0.2) is 11.6 Å². The summed E-state index contributed by atoms with van der Waals surface area (Å²) in [6.45, 7) is 14.8. The first-order valence-electron chi connectivity index (χ1n) is 20.7. The Morgan fingerprint density at radius 1 is 0.695 bits per heavy atom. The summed E-state index contributed by atoms with van der Waals surface area (Å²) in [6, 6.07) is 0. The van der Waals surface area contributed by atoms with Crippen molar-refractivity contribution in [1.82, 2.24) is 0 Å². The number of ketones is 1. The van der Waals surface area contributed by atoms with Crippen molar-refractivity contribution in [2.75, 3.05) is 0 Å². The van der Waals surface area contributed by atoms with Crippen LogP contribution in [0.3, 0.4) is 0 Å². The molecule has 6 fully saturated rings. The number of carbonyl (C=O) groups is 4. The molecule has 0 amide bonds. The highest BCUT2D eigenvalue weighted by Crippen LogP contribution is 2.75. The molecule has 0 bridgehead atoms. The second kappa shape index (κ2) is 15.4. The maximum atomic E-state index is 14.8. The lowest BCUT2D eigenvalue weighted by atomic mass is 9.33. The zero-order valence-corrected chi connectivity index (χ0v) is 34.4. The van der Waals surface area contributed by atoms with Crippen LogP contribution >= 0.6 is 0 Å². The molecule has 0 spiro atoms. The molecule has 0 aromatic heterocycles. The van der Waals surface area contributed by atoms with E-state index in [1.165, 1.54) is 0 Å². The van der Waals surface area contributed by atoms with Crippen LogP contribution in [-0.4, -0.2) is 149 Å². The third-order valence-electron chi connectivity index (χ3n) is 17.2. The Morgan fingerprint density at radius 2 is 1.27 bits per heavy atom. The van der Waals surface area contributed by atoms with Crippen LogP contribution in [0.25, 0.3) is 0 Å². The Balaban J connectivity index is 0.00000585. The van der Waals surface area contributed by atoms with Crippen LogP contribution in [0.1, 0.15) is 106 Å². The van der Waals surface area contributed by atoms with Gasteiger partial charge in [0, 0.05) is 5.92 Å². The lowest BCUT2D eigenvalue weighted by Gasteiger charge is -2.70. The van der Waals surface area contributed by atoms with E-state index in [1.807, 2.05) is 26.8 Å². The lowest BCUT2D eigenvalue weighted by Crippen LogP contribution is -2.68. The molecule has 332 valence electrons. The predicted octanol–water partition coefficient (Wildman–Crippen LogP) is 1.06. The second-order valence-corrected chi connectivity index (χ2v) is 20.6. The number of allylic oxidation sites excluding steroid dienone is 2. The number of rotatable bonds is 7. The van der Waals surface area contributed by atoms with Gasteiger partial charge in [-0.05, 0) is 110 Å². The van der Waals surface area contributed by atoms with Crippen molar-refractivity contribution in [2.24, 2.45) is 50.2 Å². The summed E-state index contributed by atoms with van der Waals surface area (Å²) in [5.74, 6) is -4.47. The highest BCUT2D eigenvalue weighted by molar-refractivity contribution is 5.95. The second-order valence-electron chi connectivity index (χ2n) is 20.6. The van der Waals surface area contributed by atoms with Crippen LogP contribution in [-0.2, 0) is 38.1 Å². The Labute approximate surface area is 354 Å². The molecule has 7 rings (SSSR count). The summed E-state index contributed by atoms with van der Waals surface area (Å²) in [5, 5.41) is 83.0. The zero-order valence-electron chi connectivity index (χ0n) is 34.4. The number of aliphatic hydroxyl groups is 5. The van der Waals surface area contributed by atoms with E-state index in [1.54, 1.807) is 0 Å². The van der Waals surface area contributed by atoms with Gasteiger partial charge >= 0.3 is 17.9 Å². The predicted molar refractivity (Wildman–Crippen MR) is 209 cm³/mol. The number of ether oxygens (including phenoxy) is 4. The number of carboxylic acid groups (broad SMARTS) is 3. The van der Waals surface area contributed by atoms with Gasteiger partial charge in [0.1, 0.15) is 36.6 Å². The average molecular weight is 853 g/mol. The highest BCUT2D eigenvalue weighted by Gasteiger charge is 2.71. The standard InChI is InChI=1S/C42H62O16.Al.3H/c1-37(2)21-8-11-42(7)31(20(43)16-18-19-17-39(4,36(53)54)13-12-38(19,3)14-15-41(18,42)6)40(21,5)10-9-22(37)55-35-30(26(47)25(46)29(57-35)33(51)52)58-34-27(48)23(44)24(45)28(56-34)32(49)50;;;;/h16,19,21-31,34-35,44-48H,8-15,17H2,1-7H3,(H,49,50)(H,51,52)(H,53,54);;;;/t19-,21-,22-,23-,24-,25-,26-,27+,28-,29-,30+,31+,34-,35-,38+,39-,40-,41+,42+;;;;/m0..../s1. The molecule has 19 atom stereocenters. The number of carboxylic acids is 3. The van der Waals surface area contributed by atoms with Crippen molar-refractivity contribution >= 4 is 41.1 Å². The molecule has 0 aromatic carbocycles. The van der Waals surface area contributed by atoms with Crippen molar-refractivity contribution in [3.05, 3.63) is 11.6 Å². The quantitative estimate of drug-likeness (QED) is 0.131. The van der Waals surface area contributed by atoms with Gasteiger partial charge in [0.15, 0.2) is 47.9 Å². The van der Waals surface area contributed by atoms with Gasteiger partial charge in [0.25, 0.3) is 0 Å². The number of hydrogen-bond acceptors (Lipinski definition) is 13. The van der Waals surface area contributed by atoms with Gasteiger partial charge in [-0.15, -0.1) is 0 Å². The van der Waals surface area contributed by atoms with Gasteiger partial charge in [0.05, 0.1) is 11.5 Å². The fourth-order valence-corrected chi connectivity index (χ4v) is 13.4. The van der Waals surface area contributed by atoms with Crippen LogP contribution in [0.2, 0.25) is 0 Å². The van der Waals surface area contributed by atoms with Gasteiger partial charge in [0.2, 0.25) is 0 Å². The number of aliphatic carboxylic acids is 3. The Bertz CT molecular complexity index is 1740. The molecule has 17 heteroatoms. The molecule has 4 saturated carbocycles. The third kappa shape index (κ3) is 6.88. The van der Waals surface area contributed by atoms with Crippen molar-refractivity contribution in [3.8, 4) is 0 Å². The minimum atomic E-state index is -2.05. The van der Waals surface area contributed by atoms with Gasteiger partial charge in [-0.3, -0.25) is 9.59 Å². The van der Waals surface area contributed by atoms with Crippen molar-refractivity contribution in [2.45, 2.75) is 174 Å². The Kier molecular flexibility index (Phi) is 12.1. The number of aliphatic hydroxyl groups excluding tert-OH is 5. The molecule has 2 saturated heterocycles. The van der Waals surface area contributed by atoms with Gasteiger partial charge in [-0.2, -0.15) is 0 Å². The number of fused-ring (bicyclic) bond motifs is 7. The SMILES string of the molecule is CC1(C)[C@@H](O[C@H]2O[C@H](C(=O)O)[C@@H](O)[C@H](O)[C@H]2O[C@@H]2O[C@H](C(=O)O)[C@@H](O)[C@H](O)[C@H]2O)CC[C@]2(C)[C@H]3C(=O)C=C4[C@@H]5C[C@@](C)(C(=O)O)CC[C@]5(C)CC[C@@]4(C)[C@]3(C)CC[C@@H]12.[AlH3]. The summed E-state index contributed by atoms with van der Waals surface area (Å²) in [6.07, 6.45) is -12.2. The molecule has 2 aliphatic heterocycles. The smallest absolute Gasteiger partial charge is 0.335 e. The number of hydrogen-bond donors (Lipinski definition) is 8. The van der Waals surface area contributed by atoms with Gasteiger partial charge < -0.3 is 59.8 Å². The monoisotopic (exact) mass is 852 g/mol. The van der Waals surface area contributed by atoms with Crippen LogP contribution in [0, 0.1) is 50.2 Å². The van der Waals surface area contributed by atoms with E-state index in [2.05, 4.69) is 27.7 Å². The molecule has 2 heterocycles. The minimum absolute atomic E-state index is 0. The minimum Gasteiger partial charge on any atom is -0.481 e. The van der Waals surface area contributed by atoms with E-state index >= 15 is 0 Å². The molecule has 0 unspecified atom stereocenters. The fraction of sp³-hybridized carbons (Fsp3) is 0.857. The molecule has 0 aromatic rings. The van der Waals surface area contributed by atoms with E-state index < -0.39 is 107 Å². The van der Waals surface area contributed by atoms with Crippen LogP contribution < -0.4 is 0 Å². The fourth-order valence-electron chi connectivity index (χ4n) is 13.4.